The average molecular weight is 381 g/mol. The number of hydrogen-bond donors (Lipinski definition) is 1. The maximum Gasteiger partial charge on any atom is 0.247 e. The van der Waals surface area contributed by atoms with Crippen LogP contribution in [0.2, 0.25) is 10.0 Å². The molecule has 4 rings (SSSR count). The van der Waals surface area contributed by atoms with E-state index in [2.05, 4.69) is 25.0 Å². The summed E-state index contributed by atoms with van der Waals surface area (Å²) in [4.78, 5) is 8.92. The minimum atomic E-state index is 0.294. The number of nitrogens with zero attached hydrogens (tertiary/aromatic N) is 5. The summed E-state index contributed by atoms with van der Waals surface area (Å²) in [5, 5.41) is 9.34. The molecule has 0 saturated carbocycles. The van der Waals surface area contributed by atoms with Crippen LogP contribution in [0.25, 0.3) is 11.3 Å². The standard InChI is InChI=1S/C16H18Cl2N6O/c17-12-3-1-2-11(13(12)18)14-15(19)20-16(22-21-14)24-6-4-23(5-7-24)8-10-9-25-10/h1-3,10H,4-9H2,(H2,19,20,22)/t10-/m0/s1. The lowest BCUT2D eigenvalue weighted by Crippen LogP contribution is -2.48. The molecule has 0 aliphatic carbocycles. The third kappa shape index (κ3) is 3.64. The Morgan fingerprint density at radius 2 is 1.92 bits per heavy atom. The summed E-state index contributed by atoms with van der Waals surface area (Å²) in [6, 6.07) is 5.31. The molecular weight excluding hydrogens is 363 g/mol. The van der Waals surface area contributed by atoms with Crippen LogP contribution in [0.3, 0.4) is 0 Å². The molecule has 0 radical (unpaired) electrons. The Morgan fingerprint density at radius 1 is 1.16 bits per heavy atom. The fourth-order valence-electron chi connectivity index (χ4n) is 2.93. The Morgan fingerprint density at radius 3 is 2.60 bits per heavy atom. The van der Waals surface area contributed by atoms with Crippen molar-refractivity contribution in [2.45, 2.75) is 6.10 Å². The summed E-state index contributed by atoms with van der Waals surface area (Å²) >= 11 is 12.3. The fourth-order valence-corrected chi connectivity index (χ4v) is 3.32. The lowest BCUT2D eigenvalue weighted by molar-refractivity contribution is 0.229. The molecule has 0 amide bonds. The summed E-state index contributed by atoms with van der Waals surface area (Å²) in [6.07, 6.45) is 0.418. The number of aromatic nitrogens is 3. The van der Waals surface area contributed by atoms with Crippen molar-refractivity contribution in [1.29, 1.82) is 0 Å². The molecule has 25 heavy (non-hydrogen) atoms. The van der Waals surface area contributed by atoms with Crippen LogP contribution in [0.5, 0.6) is 0 Å². The van der Waals surface area contributed by atoms with Crippen molar-refractivity contribution in [2.24, 2.45) is 0 Å². The van der Waals surface area contributed by atoms with Crippen LogP contribution in [0, 0.1) is 0 Å². The van der Waals surface area contributed by atoms with E-state index in [0.29, 0.717) is 39.2 Å². The van der Waals surface area contributed by atoms with Gasteiger partial charge in [-0.1, -0.05) is 35.3 Å². The number of nitrogens with two attached hydrogens (primary N) is 1. The number of rotatable bonds is 4. The molecule has 132 valence electrons. The predicted molar refractivity (Wildman–Crippen MR) is 98.1 cm³/mol. The number of anilines is 2. The summed E-state index contributed by atoms with van der Waals surface area (Å²) in [5.41, 5.74) is 7.19. The first-order valence-electron chi connectivity index (χ1n) is 8.15. The molecule has 7 nitrogen and oxygen atoms in total. The first kappa shape index (κ1) is 16.8. The van der Waals surface area contributed by atoms with Gasteiger partial charge in [-0.05, 0) is 6.07 Å². The number of ether oxygens (including phenoxy) is 1. The monoisotopic (exact) mass is 380 g/mol. The number of hydrogen-bond acceptors (Lipinski definition) is 7. The maximum atomic E-state index is 6.24. The van der Waals surface area contributed by atoms with Gasteiger partial charge in [0.1, 0.15) is 5.69 Å². The normalized spacial score (nSPS) is 20.7. The summed E-state index contributed by atoms with van der Waals surface area (Å²) in [7, 11) is 0. The second-order valence-corrected chi connectivity index (χ2v) is 6.98. The lowest BCUT2D eigenvalue weighted by Gasteiger charge is -2.34. The molecular formula is C16H18Cl2N6O. The Hall–Kier alpha value is -1.67. The van der Waals surface area contributed by atoms with Crippen LogP contribution >= 0.6 is 23.2 Å². The fraction of sp³-hybridized carbons (Fsp3) is 0.438. The first-order valence-corrected chi connectivity index (χ1v) is 8.91. The van der Waals surface area contributed by atoms with Crippen molar-refractivity contribution < 1.29 is 4.74 Å². The Balaban J connectivity index is 1.49. The zero-order valence-corrected chi connectivity index (χ0v) is 15.0. The number of epoxide rings is 1. The van der Waals surface area contributed by atoms with Crippen molar-refractivity contribution >= 4 is 35.0 Å². The van der Waals surface area contributed by atoms with Crippen molar-refractivity contribution in [3.63, 3.8) is 0 Å². The number of nitrogen functional groups attached to an aromatic ring is 1. The van der Waals surface area contributed by atoms with E-state index >= 15 is 0 Å². The molecule has 9 heteroatoms. The topological polar surface area (TPSA) is 83.7 Å². The van der Waals surface area contributed by atoms with Gasteiger partial charge in [-0.3, -0.25) is 4.90 Å². The van der Waals surface area contributed by atoms with E-state index in [-0.39, 0.29) is 0 Å². The summed E-state index contributed by atoms with van der Waals surface area (Å²) in [6.45, 7) is 5.46. The van der Waals surface area contributed by atoms with E-state index in [1.807, 2.05) is 0 Å². The zero-order chi connectivity index (χ0) is 17.4. The van der Waals surface area contributed by atoms with Gasteiger partial charge in [-0.15, -0.1) is 10.2 Å². The molecule has 0 bridgehead atoms. The molecule has 3 heterocycles. The van der Waals surface area contributed by atoms with Gasteiger partial charge in [-0.2, -0.15) is 4.98 Å². The Bertz CT molecular complexity index is 777. The van der Waals surface area contributed by atoms with Gasteiger partial charge in [-0.25, -0.2) is 0 Å². The van der Waals surface area contributed by atoms with Gasteiger partial charge in [0.2, 0.25) is 5.95 Å². The first-order chi connectivity index (χ1) is 12.1. The highest BCUT2D eigenvalue weighted by atomic mass is 35.5. The highest BCUT2D eigenvalue weighted by molar-refractivity contribution is 6.43. The van der Waals surface area contributed by atoms with Crippen molar-refractivity contribution in [2.75, 3.05) is 50.0 Å². The zero-order valence-electron chi connectivity index (χ0n) is 13.5. The van der Waals surface area contributed by atoms with E-state index in [9.17, 15) is 0 Å². The van der Waals surface area contributed by atoms with Crippen molar-refractivity contribution in [1.82, 2.24) is 20.1 Å². The Kier molecular flexibility index (Phi) is 4.64. The molecule has 2 saturated heterocycles. The van der Waals surface area contributed by atoms with Crippen LogP contribution in [-0.4, -0.2) is 65.5 Å². The quantitative estimate of drug-likeness (QED) is 0.811. The van der Waals surface area contributed by atoms with Crippen LogP contribution < -0.4 is 10.6 Å². The molecule has 2 N–H and O–H groups in total. The van der Waals surface area contributed by atoms with E-state index in [4.69, 9.17) is 33.7 Å². The molecule has 2 aliphatic rings. The third-order valence-electron chi connectivity index (χ3n) is 4.43. The van der Waals surface area contributed by atoms with Crippen LogP contribution in [0.1, 0.15) is 0 Å². The summed E-state index contributed by atoms with van der Waals surface area (Å²) in [5.74, 6) is 0.838. The third-order valence-corrected chi connectivity index (χ3v) is 5.25. The van der Waals surface area contributed by atoms with Gasteiger partial charge in [0, 0.05) is 38.3 Å². The highest BCUT2D eigenvalue weighted by Crippen LogP contribution is 2.34. The molecule has 1 atom stereocenters. The minimum absolute atomic E-state index is 0.294. The molecule has 2 fully saturated rings. The molecule has 0 unspecified atom stereocenters. The van der Waals surface area contributed by atoms with Gasteiger partial charge >= 0.3 is 0 Å². The van der Waals surface area contributed by atoms with Gasteiger partial charge in [0.05, 0.1) is 22.8 Å². The van der Waals surface area contributed by atoms with Gasteiger partial charge in [0.15, 0.2) is 5.82 Å². The molecule has 1 aromatic heterocycles. The summed E-state index contributed by atoms with van der Waals surface area (Å²) < 4.78 is 5.29. The van der Waals surface area contributed by atoms with E-state index in [0.717, 1.165) is 39.3 Å². The van der Waals surface area contributed by atoms with E-state index < -0.39 is 0 Å². The second-order valence-electron chi connectivity index (χ2n) is 6.19. The number of benzene rings is 1. The molecule has 1 aromatic carbocycles. The highest BCUT2D eigenvalue weighted by Gasteiger charge is 2.28. The van der Waals surface area contributed by atoms with Gasteiger partial charge in [0.25, 0.3) is 0 Å². The van der Waals surface area contributed by atoms with E-state index in [1.165, 1.54) is 0 Å². The lowest BCUT2D eigenvalue weighted by atomic mass is 10.1. The average Bonchev–Trinajstić information content (AvgIpc) is 3.42. The SMILES string of the molecule is Nc1nc(N2CCN(C[C@H]3CO3)CC2)nnc1-c1cccc(Cl)c1Cl. The van der Waals surface area contributed by atoms with E-state index in [1.54, 1.807) is 18.2 Å². The van der Waals surface area contributed by atoms with Crippen molar-refractivity contribution in [3.05, 3.63) is 28.2 Å². The maximum absolute atomic E-state index is 6.24. The number of piperazine rings is 1. The smallest absolute Gasteiger partial charge is 0.247 e. The minimum Gasteiger partial charge on any atom is -0.382 e. The Labute approximate surface area is 155 Å². The largest absolute Gasteiger partial charge is 0.382 e. The van der Waals surface area contributed by atoms with Crippen LogP contribution in [0.4, 0.5) is 11.8 Å². The molecule has 0 spiro atoms. The van der Waals surface area contributed by atoms with Crippen molar-refractivity contribution in [3.8, 4) is 11.3 Å². The van der Waals surface area contributed by atoms with Crippen LogP contribution in [-0.2, 0) is 4.74 Å². The number of halogens is 2. The molecule has 2 aliphatic heterocycles. The second kappa shape index (κ2) is 6.92. The van der Waals surface area contributed by atoms with Gasteiger partial charge < -0.3 is 15.4 Å². The van der Waals surface area contributed by atoms with Crippen LogP contribution in [0.15, 0.2) is 18.2 Å². The molecule has 2 aromatic rings. The predicted octanol–water partition coefficient (Wildman–Crippen LogP) is 1.95.